The van der Waals surface area contributed by atoms with Gasteiger partial charge in [0.25, 0.3) is 0 Å². The molecule has 3 aliphatic heterocycles. The highest BCUT2D eigenvalue weighted by Crippen LogP contribution is 2.14. The summed E-state index contributed by atoms with van der Waals surface area (Å²) in [5.41, 5.74) is 0. The van der Waals surface area contributed by atoms with Crippen molar-refractivity contribution in [3.8, 4) is 0 Å². The lowest BCUT2D eigenvalue weighted by atomic mass is 10.2. The van der Waals surface area contributed by atoms with E-state index in [9.17, 15) is 9.59 Å². The maximum atomic E-state index is 12.1. The number of piperazine rings is 2. The van der Waals surface area contributed by atoms with Gasteiger partial charge in [-0.3, -0.25) is 9.69 Å². The Morgan fingerprint density at radius 1 is 1.19 bits per heavy atom. The average molecular weight is 318 g/mol. The normalized spacial score (nSPS) is 26.1. The van der Waals surface area contributed by atoms with Crippen molar-refractivity contribution >= 4 is 24.3 Å². The summed E-state index contributed by atoms with van der Waals surface area (Å²) < 4.78 is 0. The summed E-state index contributed by atoms with van der Waals surface area (Å²) in [4.78, 5) is 29.8. The number of rotatable bonds is 3. The monoisotopic (exact) mass is 317 g/mol. The van der Waals surface area contributed by atoms with Gasteiger partial charge in [-0.05, 0) is 0 Å². The van der Waals surface area contributed by atoms with E-state index in [4.69, 9.17) is 0 Å². The standard InChI is InChI=1S/C13H23N5O2.ClH/c19-12(17-5-2-14-3-6-17)1-4-16-7-8-18-11(10-16)9-15-13(18)20;/h11,14H,1-10H2,(H,15,20);1H. The zero-order valence-corrected chi connectivity index (χ0v) is 13.0. The van der Waals surface area contributed by atoms with Crippen molar-refractivity contribution in [3.63, 3.8) is 0 Å². The first kappa shape index (κ1) is 16.3. The van der Waals surface area contributed by atoms with Gasteiger partial charge in [0.1, 0.15) is 0 Å². The van der Waals surface area contributed by atoms with Crippen LogP contribution in [0.2, 0.25) is 0 Å². The minimum atomic E-state index is 0. The third-order valence-electron chi connectivity index (χ3n) is 4.43. The van der Waals surface area contributed by atoms with Crippen LogP contribution < -0.4 is 10.6 Å². The quantitative estimate of drug-likeness (QED) is 0.696. The molecule has 0 saturated carbocycles. The van der Waals surface area contributed by atoms with Gasteiger partial charge >= 0.3 is 6.03 Å². The number of hydrogen-bond donors (Lipinski definition) is 2. The van der Waals surface area contributed by atoms with Gasteiger partial charge in [0.2, 0.25) is 5.91 Å². The predicted molar refractivity (Wildman–Crippen MR) is 81.6 cm³/mol. The maximum absolute atomic E-state index is 12.1. The first-order chi connectivity index (χ1) is 9.74. The third-order valence-corrected chi connectivity index (χ3v) is 4.43. The number of fused-ring (bicyclic) bond motifs is 1. The molecular formula is C13H24ClN5O2. The fraction of sp³-hybridized carbons (Fsp3) is 0.846. The number of carbonyl (C=O) groups is 2. The summed E-state index contributed by atoms with van der Waals surface area (Å²) in [6.45, 7) is 7.54. The third kappa shape index (κ3) is 3.78. The molecule has 0 aromatic rings. The van der Waals surface area contributed by atoms with E-state index in [-0.39, 0.29) is 30.4 Å². The second kappa shape index (κ2) is 7.29. The summed E-state index contributed by atoms with van der Waals surface area (Å²) in [5, 5.41) is 6.13. The summed E-state index contributed by atoms with van der Waals surface area (Å²) in [7, 11) is 0. The Balaban J connectivity index is 0.00000161. The number of nitrogens with one attached hydrogen (secondary N) is 2. The lowest BCUT2D eigenvalue weighted by Gasteiger charge is -2.36. The van der Waals surface area contributed by atoms with E-state index in [2.05, 4.69) is 15.5 Å². The number of carbonyl (C=O) groups excluding carboxylic acids is 2. The first-order valence-electron chi connectivity index (χ1n) is 7.49. The molecule has 7 nitrogen and oxygen atoms in total. The summed E-state index contributed by atoms with van der Waals surface area (Å²) >= 11 is 0. The Bertz CT molecular complexity index is 389. The van der Waals surface area contributed by atoms with Gasteiger partial charge in [-0.15, -0.1) is 12.4 Å². The Kier molecular flexibility index (Phi) is 5.66. The van der Waals surface area contributed by atoms with Gasteiger partial charge in [0.15, 0.2) is 0 Å². The van der Waals surface area contributed by atoms with Crippen LogP contribution in [-0.2, 0) is 4.79 Å². The van der Waals surface area contributed by atoms with E-state index in [1.165, 1.54) is 0 Å². The zero-order valence-electron chi connectivity index (χ0n) is 12.2. The molecule has 0 aromatic carbocycles. The molecule has 0 radical (unpaired) electrons. The van der Waals surface area contributed by atoms with Crippen LogP contribution in [0.5, 0.6) is 0 Å². The number of halogens is 1. The van der Waals surface area contributed by atoms with Crippen molar-refractivity contribution in [1.29, 1.82) is 0 Å². The van der Waals surface area contributed by atoms with Crippen molar-refractivity contribution in [2.75, 3.05) is 58.9 Å². The smallest absolute Gasteiger partial charge is 0.317 e. The maximum Gasteiger partial charge on any atom is 0.317 e. The molecule has 3 aliphatic rings. The van der Waals surface area contributed by atoms with Crippen molar-refractivity contribution in [3.05, 3.63) is 0 Å². The van der Waals surface area contributed by atoms with Crippen molar-refractivity contribution < 1.29 is 9.59 Å². The number of hydrogen-bond acceptors (Lipinski definition) is 4. The molecule has 3 saturated heterocycles. The summed E-state index contributed by atoms with van der Waals surface area (Å²) in [5.74, 6) is 0.259. The SMILES string of the molecule is Cl.O=C(CCN1CCN2C(=O)NCC2C1)N1CCNCC1. The molecule has 3 amide bonds. The van der Waals surface area contributed by atoms with Gasteiger partial charge in [-0.25, -0.2) is 4.79 Å². The molecule has 21 heavy (non-hydrogen) atoms. The molecule has 0 bridgehead atoms. The van der Waals surface area contributed by atoms with E-state index in [0.717, 1.165) is 58.9 Å². The fourth-order valence-corrected chi connectivity index (χ4v) is 3.20. The molecule has 1 atom stereocenters. The van der Waals surface area contributed by atoms with Gasteiger partial charge in [-0.2, -0.15) is 0 Å². The highest BCUT2D eigenvalue weighted by atomic mass is 35.5. The van der Waals surface area contributed by atoms with Crippen LogP contribution in [0.15, 0.2) is 0 Å². The van der Waals surface area contributed by atoms with Crippen LogP contribution in [0.25, 0.3) is 0 Å². The molecule has 2 N–H and O–H groups in total. The van der Waals surface area contributed by atoms with E-state index < -0.39 is 0 Å². The Morgan fingerprint density at radius 3 is 2.71 bits per heavy atom. The highest BCUT2D eigenvalue weighted by Gasteiger charge is 2.35. The summed E-state index contributed by atoms with van der Waals surface area (Å²) in [6.07, 6.45) is 0.591. The largest absolute Gasteiger partial charge is 0.340 e. The Morgan fingerprint density at radius 2 is 1.95 bits per heavy atom. The first-order valence-corrected chi connectivity index (χ1v) is 7.49. The number of nitrogens with zero attached hydrogens (tertiary/aromatic N) is 3. The van der Waals surface area contributed by atoms with Crippen molar-refractivity contribution in [2.24, 2.45) is 0 Å². The topological polar surface area (TPSA) is 67.9 Å². The van der Waals surface area contributed by atoms with Crippen molar-refractivity contribution in [1.82, 2.24) is 25.3 Å². The van der Waals surface area contributed by atoms with Crippen LogP contribution >= 0.6 is 12.4 Å². The molecule has 120 valence electrons. The zero-order chi connectivity index (χ0) is 13.9. The molecule has 3 fully saturated rings. The lowest BCUT2D eigenvalue weighted by Crippen LogP contribution is -2.53. The van der Waals surface area contributed by atoms with Crippen LogP contribution in [0.4, 0.5) is 4.79 Å². The summed E-state index contributed by atoms with van der Waals surface area (Å²) in [6, 6.07) is 0.345. The van der Waals surface area contributed by atoms with Gasteiger partial charge in [0.05, 0.1) is 6.04 Å². The number of amides is 3. The minimum absolute atomic E-state index is 0. The number of urea groups is 1. The van der Waals surface area contributed by atoms with E-state index in [1.807, 2.05) is 9.80 Å². The van der Waals surface area contributed by atoms with Gasteiger partial charge in [0, 0.05) is 65.3 Å². The molecule has 0 aromatic heterocycles. The molecule has 1 unspecified atom stereocenters. The molecule has 3 rings (SSSR count). The van der Waals surface area contributed by atoms with Crippen LogP contribution in [0.3, 0.4) is 0 Å². The highest BCUT2D eigenvalue weighted by molar-refractivity contribution is 5.85. The van der Waals surface area contributed by atoms with E-state index in [1.54, 1.807) is 0 Å². The minimum Gasteiger partial charge on any atom is -0.340 e. The second-order valence-corrected chi connectivity index (χ2v) is 5.71. The van der Waals surface area contributed by atoms with E-state index in [0.29, 0.717) is 6.42 Å². The molecule has 0 aliphatic carbocycles. The van der Waals surface area contributed by atoms with Gasteiger partial charge in [-0.1, -0.05) is 0 Å². The molecule has 0 spiro atoms. The van der Waals surface area contributed by atoms with Crippen LogP contribution in [0, 0.1) is 0 Å². The van der Waals surface area contributed by atoms with Crippen LogP contribution in [0.1, 0.15) is 6.42 Å². The lowest BCUT2D eigenvalue weighted by molar-refractivity contribution is -0.132. The fourth-order valence-electron chi connectivity index (χ4n) is 3.20. The molecule has 3 heterocycles. The predicted octanol–water partition coefficient (Wildman–Crippen LogP) is -1.06. The Labute approximate surface area is 131 Å². The average Bonchev–Trinajstić information content (AvgIpc) is 2.87. The molecule has 8 heteroatoms. The van der Waals surface area contributed by atoms with Gasteiger partial charge < -0.3 is 20.4 Å². The molecular weight excluding hydrogens is 294 g/mol. The van der Waals surface area contributed by atoms with E-state index >= 15 is 0 Å². The van der Waals surface area contributed by atoms with Crippen molar-refractivity contribution in [2.45, 2.75) is 12.5 Å². The Hall–Kier alpha value is -1.05. The van der Waals surface area contributed by atoms with Crippen LogP contribution in [-0.4, -0.2) is 91.6 Å². The second-order valence-electron chi connectivity index (χ2n) is 5.71.